The number of aliphatic hydroxyl groups is 1. The summed E-state index contributed by atoms with van der Waals surface area (Å²) in [7, 11) is 1.26. The first-order valence-corrected chi connectivity index (χ1v) is 5.69. The molecule has 0 radical (unpaired) electrons. The van der Waals surface area contributed by atoms with Crippen LogP contribution >= 0.6 is 22.6 Å². The second kappa shape index (κ2) is 5.11. The van der Waals surface area contributed by atoms with E-state index in [1.165, 1.54) is 7.11 Å². The number of methoxy groups -OCH3 is 1. The molecule has 1 heterocycles. The lowest BCUT2D eigenvalue weighted by molar-refractivity contribution is -0.158. The molecule has 1 fully saturated rings. The third kappa shape index (κ3) is 2.78. The van der Waals surface area contributed by atoms with Gasteiger partial charge in [-0.25, -0.2) is 4.79 Å². The molecule has 1 saturated heterocycles. The molecule has 13 heavy (non-hydrogen) atoms. The topological polar surface area (TPSA) is 55.8 Å². The van der Waals surface area contributed by atoms with Crippen molar-refractivity contribution in [1.29, 1.82) is 0 Å². The van der Waals surface area contributed by atoms with Crippen molar-refractivity contribution in [3.8, 4) is 0 Å². The van der Waals surface area contributed by atoms with Crippen LogP contribution in [-0.2, 0) is 14.3 Å². The van der Waals surface area contributed by atoms with Gasteiger partial charge in [0.2, 0.25) is 0 Å². The van der Waals surface area contributed by atoms with E-state index in [4.69, 9.17) is 4.74 Å². The van der Waals surface area contributed by atoms with Crippen LogP contribution in [0.2, 0.25) is 0 Å². The van der Waals surface area contributed by atoms with Crippen LogP contribution < -0.4 is 0 Å². The Hall–Kier alpha value is 0.120. The molecular formula is C8H13IO4. The number of ether oxygens (including phenoxy) is 2. The molecule has 1 N–H and O–H groups in total. The molecule has 0 aliphatic carbocycles. The third-order valence-electron chi connectivity index (χ3n) is 2.11. The second-order valence-corrected chi connectivity index (χ2v) is 3.88. The zero-order chi connectivity index (χ0) is 9.84. The summed E-state index contributed by atoms with van der Waals surface area (Å²) in [5.74, 6) is -0.612. The number of esters is 1. The average Bonchev–Trinajstić information content (AvgIpc) is 2.63. The van der Waals surface area contributed by atoms with Crippen LogP contribution in [-0.4, -0.2) is 40.9 Å². The highest BCUT2D eigenvalue weighted by atomic mass is 127. The minimum atomic E-state index is -1.13. The Bertz CT molecular complexity index is 185. The van der Waals surface area contributed by atoms with Gasteiger partial charge in [0, 0.05) is 4.43 Å². The molecule has 1 aliphatic rings. The maximum Gasteiger partial charge on any atom is 0.337 e. The van der Waals surface area contributed by atoms with Gasteiger partial charge < -0.3 is 14.6 Å². The molecular weight excluding hydrogens is 287 g/mol. The smallest absolute Gasteiger partial charge is 0.337 e. The van der Waals surface area contributed by atoms with Gasteiger partial charge in [0.1, 0.15) is 0 Å². The van der Waals surface area contributed by atoms with E-state index in [0.717, 1.165) is 17.3 Å². The number of alkyl halides is 1. The van der Waals surface area contributed by atoms with Crippen molar-refractivity contribution in [2.24, 2.45) is 0 Å². The number of rotatable bonds is 3. The van der Waals surface area contributed by atoms with E-state index in [9.17, 15) is 9.90 Å². The van der Waals surface area contributed by atoms with Crippen molar-refractivity contribution in [3.05, 3.63) is 0 Å². The van der Waals surface area contributed by atoms with Gasteiger partial charge in [-0.15, -0.1) is 0 Å². The third-order valence-corrected chi connectivity index (χ3v) is 3.09. The van der Waals surface area contributed by atoms with Crippen molar-refractivity contribution in [2.75, 3.05) is 11.5 Å². The van der Waals surface area contributed by atoms with Crippen molar-refractivity contribution in [3.63, 3.8) is 0 Å². The Labute approximate surface area is 90.7 Å². The first kappa shape index (κ1) is 11.2. The summed E-state index contributed by atoms with van der Waals surface area (Å²) in [6.07, 6.45) is 0.293. The number of carbonyl (C=O) groups is 1. The first-order valence-electron chi connectivity index (χ1n) is 4.16. The van der Waals surface area contributed by atoms with E-state index in [1.807, 2.05) is 0 Å². The second-order valence-electron chi connectivity index (χ2n) is 3.00. The van der Waals surface area contributed by atoms with Gasteiger partial charge in [0.25, 0.3) is 0 Å². The maximum atomic E-state index is 10.9. The highest BCUT2D eigenvalue weighted by Gasteiger charge is 2.34. The molecule has 0 amide bonds. The Kier molecular flexibility index (Phi) is 4.40. The summed E-state index contributed by atoms with van der Waals surface area (Å²) in [5, 5.41) is 9.43. The van der Waals surface area contributed by atoms with Crippen LogP contribution in [0.25, 0.3) is 0 Å². The van der Waals surface area contributed by atoms with Gasteiger partial charge >= 0.3 is 5.97 Å². The Balaban J connectivity index is 2.41. The summed E-state index contributed by atoms with van der Waals surface area (Å²) >= 11 is 2.23. The number of hydrogen-bond acceptors (Lipinski definition) is 4. The number of hydrogen-bond donors (Lipinski definition) is 1. The van der Waals surface area contributed by atoms with Crippen LogP contribution in [0.5, 0.6) is 0 Å². The zero-order valence-electron chi connectivity index (χ0n) is 7.40. The quantitative estimate of drug-likeness (QED) is 0.468. The van der Waals surface area contributed by atoms with E-state index in [2.05, 4.69) is 27.3 Å². The summed E-state index contributed by atoms with van der Waals surface area (Å²) in [6.45, 7) is 0. The Morgan fingerprint density at radius 3 is 2.92 bits per heavy atom. The van der Waals surface area contributed by atoms with Gasteiger partial charge in [-0.1, -0.05) is 22.6 Å². The molecule has 1 rings (SSSR count). The fourth-order valence-corrected chi connectivity index (χ4v) is 2.00. The maximum absolute atomic E-state index is 10.9. The Morgan fingerprint density at radius 2 is 2.46 bits per heavy atom. The van der Waals surface area contributed by atoms with Crippen molar-refractivity contribution in [1.82, 2.24) is 0 Å². The first-order chi connectivity index (χ1) is 6.19. The minimum Gasteiger partial charge on any atom is -0.467 e. The molecule has 0 saturated carbocycles. The largest absolute Gasteiger partial charge is 0.467 e. The lowest BCUT2D eigenvalue weighted by Gasteiger charge is -2.16. The van der Waals surface area contributed by atoms with Gasteiger partial charge in [-0.2, -0.15) is 0 Å². The number of carbonyl (C=O) groups excluding carboxylic acids is 1. The monoisotopic (exact) mass is 300 g/mol. The van der Waals surface area contributed by atoms with Crippen LogP contribution in [0.4, 0.5) is 0 Å². The summed E-state index contributed by atoms with van der Waals surface area (Å²) < 4.78 is 10.8. The van der Waals surface area contributed by atoms with Crippen LogP contribution in [0.1, 0.15) is 12.8 Å². The molecule has 0 spiro atoms. The predicted octanol–water partition coefficient (Wildman–Crippen LogP) is 0.503. The van der Waals surface area contributed by atoms with E-state index in [0.29, 0.717) is 0 Å². The number of aliphatic hydroxyl groups excluding tert-OH is 1. The molecule has 0 aromatic carbocycles. The fourth-order valence-electron chi connectivity index (χ4n) is 1.35. The van der Waals surface area contributed by atoms with E-state index in [-0.39, 0.29) is 12.2 Å². The standard InChI is InChI=1S/C8H13IO4/c1-12-8(11)7(10)6-3-2-5(4-9)13-6/h5-7,10H,2-4H2,1H3/t5-,6-,7-/m0/s1. The summed E-state index contributed by atoms with van der Waals surface area (Å²) in [4.78, 5) is 10.9. The van der Waals surface area contributed by atoms with Gasteiger partial charge in [0.15, 0.2) is 6.10 Å². The fraction of sp³-hybridized carbons (Fsp3) is 0.875. The van der Waals surface area contributed by atoms with E-state index in [1.54, 1.807) is 0 Å². The molecule has 3 atom stereocenters. The molecule has 76 valence electrons. The highest BCUT2D eigenvalue weighted by Crippen LogP contribution is 2.23. The van der Waals surface area contributed by atoms with Gasteiger partial charge in [-0.05, 0) is 12.8 Å². The normalized spacial score (nSPS) is 30.1. The number of halogens is 1. The van der Waals surface area contributed by atoms with Crippen LogP contribution in [0.15, 0.2) is 0 Å². The van der Waals surface area contributed by atoms with E-state index >= 15 is 0 Å². The lowest BCUT2D eigenvalue weighted by atomic mass is 10.1. The van der Waals surface area contributed by atoms with Crippen molar-refractivity contribution < 1.29 is 19.4 Å². The average molecular weight is 300 g/mol. The van der Waals surface area contributed by atoms with Gasteiger partial charge in [-0.3, -0.25) is 0 Å². The van der Waals surface area contributed by atoms with Crippen LogP contribution in [0, 0.1) is 0 Å². The molecule has 0 aromatic heterocycles. The zero-order valence-corrected chi connectivity index (χ0v) is 9.56. The van der Waals surface area contributed by atoms with Gasteiger partial charge in [0.05, 0.1) is 19.3 Å². The SMILES string of the molecule is COC(=O)[C@@H](O)[C@@H]1CC[C@@H](CI)O1. The highest BCUT2D eigenvalue weighted by molar-refractivity contribution is 14.1. The predicted molar refractivity (Wildman–Crippen MR) is 54.8 cm³/mol. The molecule has 5 heteroatoms. The van der Waals surface area contributed by atoms with Crippen molar-refractivity contribution in [2.45, 2.75) is 31.2 Å². The lowest BCUT2D eigenvalue weighted by Crippen LogP contribution is -2.35. The molecule has 0 bridgehead atoms. The molecule has 4 nitrogen and oxygen atoms in total. The molecule has 0 aromatic rings. The summed E-state index contributed by atoms with van der Waals surface area (Å²) in [5.41, 5.74) is 0. The van der Waals surface area contributed by atoms with Crippen LogP contribution in [0.3, 0.4) is 0 Å². The molecule has 1 aliphatic heterocycles. The van der Waals surface area contributed by atoms with E-state index < -0.39 is 12.1 Å². The molecule has 0 unspecified atom stereocenters. The minimum absolute atomic E-state index is 0.171. The summed E-state index contributed by atoms with van der Waals surface area (Å²) in [6, 6.07) is 0. The van der Waals surface area contributed by atoms with Crippen molar-refractivity contribution >= 4 is 28.6 Å². The Morgan fingerprint density at radius 1 is 1.77 bits per heavy atom.